The third-order valence-corrected chi connectivity index (χ3v) is 5.15. The number of amides is 1. The molecule has 21 heavy (non-hydrogen) atoms. The van der Waals surface area contributed by atoms with Crippen LogP contribution in [0, 0.1) is 0 Å². The summed E-state index contributed by atoms with van der Waals surface area (Å²) < 4.78 is 26.0. The molecule has 0 fully saturated rings. The van der Waals surface area contributed by atoms with Gasteiger partial charge in [-0.2, -0.15) is 0 Å². The second-order valence-electron chi connectivity index (χ2n) is 5.15. The minimum Gasteiger partial charge on any atom is -0.325 e. The first kappa shape index (κ1) is 17.9. The van der Waals surface area contributed by atoms with Crippen LogP contribution in [0.1, 0.15) is 32.3 Å². The van der Waals surface area contributed by atoms with Crippen LogP contribution in [-0.2, 0) is 14.8 Å². The van der Waals surface area contributed by atoms with E-state index in [1.807, 2.05) is 19.1 Å². The second kappa shape index (κ2) is 7.77. The van der Waals surface area contributed by atoms with Gasteiger partial charge in [-0.15, -0.1) is 11.6 Å². The van der Waals surface area contributed by atoms with Crippen molar-refractivity contribution in [1.82, 2.24) is 4.72 Å². The number of carbonyl (C=O) groups is 1. The van der Waals surface area contributed by atoms with E-state index in [2.05, 4.69) is 10.0 Å². The molecular formula is C14H21ClN2O3S. The highest BCUT2D eigenvalue weighted by Crippen LogP contribution is 2.18. The van der Waals surface area contributed by atoms with E-state index in [9.17, 15) is 13.2 Å². The zero-order valence-corrected chi connectivity index (χ0v) is 14.0. The number of carbonyl (C=O) groups excluding carboxylic acids is 1. The van der Waals surface area contributed by atoms with Crippen LogP contribution in [0.15, 0.2) is 24.3 Å². The number of hydrogen-bond donors (Lipinski definition) is 2. The van der Waals surface area contributed by atoms with E-state index in [1.54, 1.807) is 26.0 Å². The SMILES string of the molecule is CC(CNS(=O)(=O)C(C)C)c1ccc(NC(=O)CCl)cc1. The molecule has 0 aliphatic rings. The van der Waals surface area contributed by atoms with Crippen molar-refractivity contribution in [3.63, 3.8) is 0 Å². The van der Waals surface area contributed by atoms with E-state index in [0.717, 1.165) is 5.56 Å². The van der Waals surface area contributed by atoms with Crippen molar-refractivity contribution >= 4 is 33.2 Å². The number of rotatable bonds is 7. The molecule has 0 aromatic heterocycles. The lowest BCUT2D eigenvalue weighted by Crippen LogP contribution is -2.33. The van der Waals surface area contributed by atoms with Gasteiger partial charge in [-0.25, -0.2) is 13.1 Å². The van der Waals surface area contributed by atoms with Gasteiger partial charge in [0.1, 0.15) is 5.88 Å². The fraction of sp³-hybridized carbons (Fsp3) is 0.500. The molecule has 0 aliphatic heterocycles. The Bertz CT molecular complexity index is 570. The molecule has 0 heterocycles. The van der Waals surface area contributed by atoms with Gasteiger partial charge in [-0.05, 0) is 37.5 Å². The quantitative estimate of drug-likeness (QED) is 0.752. The molecule has 118 valence electrons. The van der Waals surface area contributed by atoms with Gasteiger partial charge in [0.15, 0.2) is 0 Å². The smallest absolute Gasteiger partial charge is 0.239 e. The molecule has 0 radical (unpaired) electrons. The average Bonchev–Trinajstić information content (AvgIpc) is 2.45. The van der Waals surface area contributed by atoms with Crippen LogP contribution in [0.4, 0.5) is 5.69 Å². The van der Waals surface area contributed by atoms with E-state index in [0.29, 0.717) is 12.2 Å². The Kier molecular flexibility index (Phi) is 6.64. The van der Waals surface area contributed by atoms with E-state index < -0.39 is 15.3 Å². The van der Waals surface area contributed by atoms with Gasteiger partial charge in [0.25, 0.3) is 0 Å². The Morgan fingerprint density at radius 1 is 1.19 bits per heavy atom. The number of nitrogens with one attached hydrogen (secondary N) is 2. The monoisotopic (exact) mass is 332 g/mol. The normalized spacial score (nSPS) is 13.2. The Labute approximate surface area is 131 Å². The molecule has 2 N–H and O–H groups in total. The molecule has 1 aromatic rings. The van der Waals surface area contributed by atoms with Crippen LogP contribution < -0.4 is 10.0 Å². The van der Waals surface area contributed by atoms with E-state index in [-0.39, 0.29) is 17.7 Å². The summed E-state index contributed by atoms with van der Waals surface area (Å²) in [5.74, 6) is -0.312. The number of halogens is 1. The zero-order chi connectivity index (χ0) is 16.0. The van der Waals surface area contributed by atoms with Crippen LogP contribution in [0.5, 0.6) is 0 Å². The van der Waals surface area contributed by atoms with Gasteiger partial charge < -0.3 is 5.32 Å². The minimum absolute atomic E-state index is 0.0382. The van der Waals surface area contributed by atoms with Crippen LogP contribution >= 0.6 is 11.6 Å². The van der Waals surface area contributed by atoms with Crippen molar-refractivity contribution in [2.24, 2.45) is 0 Å². The van der Waals surface area contributed by atoms with Crippen LogP contribution in [-0.4, -0.2) is 32.0 Å². The Balaban J connectivity index is 2.63. The molecular weight excluding hydrogens is 312 g/mol. The first-order chi connectivity index (χ1) is 9.76. The lowest BCUT2D eigenvalue weighted by atomic mass is 10.0. The van der Waals surface area contributed by atoms with Gasteiger partial charge in [0.2, 0.25) is 15.9 Å². The molecule has 1 atom stereocenters. The van der Waals surface area contributed by atoms with Gasteiger partial charge >= 0.3 is 0 Å². The highest BCUT2D eigenvalue weighted by Gasteiger charge is 2.16. The van der Waals surface area contributed by atoms with Crippen molar-refractivity contribution in [2.75, 3.05) is 17.7 Å². The van der Waals surface area contributed by atoms with E-state index in [4.69, 9.17) is 11.6 Å². The number of hydrogen-bond acceptors (Lipinski definition) is 3. The second-order valence-corrected chi connectivity index (χ2v) is 7.74. The van der Waals surface area contributed by atoms with Gasteiger partial charge in [-0.3, -0.25) is 4.79 Å². The summed E-state index contributed by atoms with van der Waals surface area (Å²) in [6.07, 6.45) is 0. The summed E-state index contributed by atoms with van der Waals surface area (Å²) in [5.41, 5.74) is 1.66. The largest absolute Gasteiger partial charge is 0.325 e. The van der Waals surface area contributed by atoms with Crippen LogP contribution in [0.2, 0.25) is 0 Å². The molecule has 0 bridgehead atoms. The maximum atomic E-state index is 11.7. The molecule has 0 saturated heterocycles. The standard InChI is InChI=1S/C14H21ClN2O3S/c1-10(2)21(19,20)16-9-11(3)12-4-6-13(7-5-12)17-14(18)8-15/h4-7,10-11,16H,8-9H2,1-3H3,(H,17,18). The van der Waals surface area contributed by atoms with Crippen molar-refractivity contribution in [1.29, 1.82) is 0 Å². The first-order valence-corrected chi connectivity index (χ1v) is 8.78. The number of benzene rings is 1. The van der Waals surface area contributed by atoms with Gasteiger partial charge in [-0.1, -0.05) is 19.1 Å². The molecule has 1 unspecified atom stereocenters. The van der Waals surface area contributed by atoms with Gasteiger partial charge in [0.05, 0.1) is 5.25 Å². The third kappa shape index (κ3) is 5.65. The summed E-state index contributed by atoms with van der Waals surface area (Å²) in [5, 5.41) is 2.20. The third-order valence-electron chi connectivity index (χ3n) is 3.10. The Morgan fingerprint density at radius 3 is 2.24 bits per heavy atom. The number of anilines is 1. The first-order valence-electron chi connectivity index (χ1n) is 6.70. The molecule has 1 amide bonds. The predicted molar refractivity (Wildman–Crippen MR) is 86.3 cm³/mol. The van der Waals surface area contributed by atoms with Gasteiger partial charge in [0, 0.05) is 12.2 Å². The van der Waals surface area contributed by atoms with Crippen LogP contribution in [0.25, 0.3) is 0 Å². The fourth-order valence-corrected chi connectivity index (χ4v) is 2.50. The minimum atomic E-state index is -3.25. The zero-order valence-electron chi connectivity index (χ0n) is 12.4. The Morgan fingerprint density at radius 2 is 1.76 bits per heavy atom. The Hall–Kier alpha value is -1.11. The lowest BCUT2D eigenvalue weighted by Gasteiger charge is -2.15. The number of alkyl halides is 1. The van der Waals surface area contributed by atoms with E-state index in [1.165, 1.54) is 0 Å². The topological polar surface area (TPSA) is 75.3 Å². The molecule has 0 saturated carbocycles. The molecule has 0 aliphatic carbocycles. The average molecular weight is 333 g/mol. The lowest BCUT2D eigenvalue weighted by molar-refractivity contribution is -0.113. The molecule has 7 heteroatoms. The van der Waals surface area contributed by atoms with Crippen molar-refractivity contribution in [2.45, 2.75) is 31.9 Å². The number of sulfonamides is 1. The highest BCUT2D eigenvalue weighted by atomic mass is 35.5. The molecule has 0 spiro atoms. The maximum Gasteiger partial charge on any atom is 0.239 e. The summed E-state index contributed by atoms with van der Waals surface area (Å²) >= 11 is 5.42. The summed E-state index contributed by atoms with van der Waals surface area (Å²) in [6.45, 7) is 5.56. The maximum absolute atomic E-state index is 11.7. The van der Waals surface area contributed by atoms with Crippen molar-refractivity contribution in [3.8, 4) is 0 Å². The molecule has 1 aromatic carbocycles. The van der Waals surface area contributed by atoms with Crippen molar-refractivity contribution < 1.29 is 13.2 Å². The highest BCUT2D eigenvalue weighted by molar-refractivity contribution is 7.90. The van der Waals surface area contributed by atoms with Crippen LogP contribution in [0.3, 0.4) is 0 Å². The summed E-state index contributed by atoms with van der Waals surface area (Å²) in [7, 11) is -3.25. The van der Waals surface area contributed by atoms with Crippen molar-refractivity contribution in [3.05, 3.63) is 29.8 Å². The predicted octanol–water partition coefficient (Wildman–Crippen LogP) is 2.30. The summed E-state index contributed by atoms with van der Waals surface area (Å²) in [4.78, 5) is 11.2. The molecule has 1 rings (SSSR count). The summed E-state index contributed by atoms with van der Waals surface area (Å²) in [6, 6.07) is 7.26. The van der Waals surface area contributed by atoms with E-state index >= 15 is 0 Å². The molecule has 5 nitrogen and oxygen atoms in total. The fourth-order valence-electron chi connectivity index (χ4n) is 1.62.